The molecule has 0 bridgehead atoms. The number of halogens is 2. The molecule has 0 unspecified atom stereocenters. The fourth-order valence-electron chi connectivity index (χ4n) is 1.93. The van der Waals surface area contributed by atoms with Crippen molar-refractivity contribution >= 4 is 33.2 Å². The Bertz CT molecular complexity index is 691. The van der Waals surface area contributed by atoms with Crippen molar-refractivity contribution in [3.8, 4) is 5.75 Å². The van der Waals surface area contributed by atoms with Crippen LogP contribution in [0.25, 0.3) is 0 Å². The third-order valence-electron chi connectivity index (χ3n) is 3.07. The molecule has 2 aromatic rings. The number of anilines is 2. The first-order valence-corrected chi connectivity index (χ1v) is 6.90. The Labute approximate surface area is 130 Å². The van der Waals surface area contributed by atoms with Gasteiger partial charge in [-0.05, 0) is 40.2 Å². The molecule has 4 nitrogen and oxygen atoms in total. The summed E-state index contributed by atoms with van der Waals surface area (Å²) in [7, 11) is 3.15. The van der Waals surface area contributed by atoms with E-state index in [0.717, 1.165) is 0 Å². The van der Waals surface area contributed by atoms with Gasteiger partial charge in [0.2, 0.25) is 0 Å². The van der Waals surface area contributed by atoms with Crippen molar-refractivity contribution in [2.24, 2.45) is 0 Å². The highest BCUT2D eigenvalue weighted by Crippen LogP contribution is 2.30. The van der Waals surface area contributed by atoms with Gasteiger partial charge >= 0.3 is 0 Å². The van der Waals surface area contributed by atoms with E-state index in [2.05, 4.69) is 15.9 Å². The number of ether oxygens (including phenoxy) is 1. The zero-order valence-corrected chi connectivity index (χ0v) is 13.1. The largest absolute Gasteiger partial charge is 0.495 e. The van der Waals surface area contributed by atoms with E-state index in [1.165, 1.54) is 24.1 Å². The standard InChI is InChI=1S/C15H14BrFN2O2/c1-19(13-5-3-4-6-14(13)21-2)15(20)9-7-12(18)11(17)8-10(9)16/h3-8H,18H2,1-2H3. The highest BCUT2D eigenvalue weighted by molar-refractivity contribution is 9.10. The van der Waals surface area contributed by atoms with Gasteiger partial charge < -0.3 is 15.4 Å². The van der Waals surface area contributed by atoms with E-state index in [0.29, 0.717) is 15.9 Å². The van der Waals surface area contributed by atoms with Crippen molar-refractivity contribution in [2.45, 2.75) is 0 Å². The summed E-state index contributed by atoms with van der Waals surface area (Å²) in [5.41, 5.74) is 6.35. The lowest BCUT2D eigenvalue weighted by Gasteiger charge is -2.20. The molecule has 0 aliphatic rings. The molecule has 6 heteroatoms. The van der Waals surface area contributed by atoms with Gasteiger partial charge in [-0.3, -0.25) is 4.79 Å². The average molecular weight is 353 g/mol. The Kier molecular flexibility index (Phi) is 4.47. The second-order valence-electron chi connectivity index (χ2n) is 4.39. The Hall–Kier alpha value is -2.08. The quantitative estimate of drug-likeness (QED) is 0.860. The zero-order valence-electron chi connectivity index (χ0n) is 11.6. The number of hydrogen-bond acceptors (Lipinski definition) is 3. The summed E-state index contributed by atoms with van der Waals surface area (Å²) in [6, 6.07) is 9.62. The monoisotopic (exact) mass is 352 g/mol. The molecule has 0 aromatic heterocycles. The minimum Gasteiger partial charge on any atom is -0.495 e. The van der Waals surface area contributed by atoms with E-state index in [4.69, 9.17) is 10.5 Å². The molecule has 0 aliphatic heterocycles. The molecule has 0 aliphatic carbocycles. The summed E-state index contributed by atoms with van der Waals surface area (Å²) in [6.45, 7) is 0. The van der Waals surface area contributed by atoms with E-state index in [1.807, 2.05) is 6.07 Å². The van der Waals surface area contributed by atoms with Gasteiger partial charge in [-0.25, -0.2) is 4.39 Å². The summed E-state index contributed by atoms with van der Waals surface area (Å²) < 4.78 is 18.9. The van der Waals surface area contributed by atoms with Crippen molar-refractivity contribution in [3.63, 3.8) is 0 Å². The number of methoxy groups -OCH3 is 1. The molecular formula is C15H14BrFN2O2. The molecule has 0 radical (unpaired) electrons. The molecule has 0 heterocycles. The molecule has 2 N–H and O–H groups in total. The number of nitrogens with two attached hydrogens (primary N) is 1. The summed E-state index contributed by atoms with van der Waals surface area (Å²) in [6.07, 6.45) is 0. The number of amides is 1. The maximum absolute atomic E-state index is 13.4. The van der Waals surface area contributed by atoms with E-state index in [-0.39, 0.29) is 17.2 Å². The number of rotatable bonds is 3. The van der Waals surface area contributed by atoms with Gasteiger partial charge in [0.15, 0.2) is 0 Å². The summed E-state index contributed by atoms with van der Waals surface area (Å²) in [5, 5.41) is 0. The molecule has 0 spiro atoms. The van der Waals surface area contributed by atoms with Crippen molar-refractivity contribution in [1.82, 2.24) is 0 Å². The lowest BCUT2D eigenvalue weighted by Crippen LogP contribution is -2.27. The number of hydrogen-bond donors (Lipinski definition) is 1. The Morgan fingerprint density at radius 3 is 2.67 bits per heavy atom. The van der Waals surface area contributed by atoms with Crippen LogP contribution in [0.15, 0.2) is 40.9 Å². The van der Waals surface area contributed by atoms with Gasteiger partial charge in [-0.2, -0.15) is 0 Å². The number of para-hydroxylation sites is 2. The van der Waals surface area contributed by atoms with Gasteiger partial charge in [-0.15, -0.1) is 0 Å². The molecule has 0 saturated carbocycles. The highest BCUT2D eigenvalue weighted by atomic mass is 79.9. The first-order valence-electron chi connectivity index (χ1n) is 6.11. The first-order chi connectivity index (χ1) is 9.95. The SMILES string of the molecule is COc1ccccc1N(C)C(=O)c1cc(N)c(F)cc1Br. The number of nitrogens with zero attached hydrogens (tertiary/aromatic N) is 1. The number of benzene rings is 2. The maximum Gasteiger partial charge on any atom is 0.259 e. The van der Waals surface area contributed by atoms with Gasteiger partial charge in [0.25, 0.3) is 5.91 Å². The molecule has 0 saturated heterocycles. The molecule has 0 fully saturated rings. The summed E-state index contributed by atoms with van der Waals surface area (Å²) in [4.78, 5) is 14.0. The van der Waals surface area contributed by atoms with Crippen LogP contribution in [-0.2, 0) is 0 Å². The van der Waals surface area contributed by atoms with Gasteiger partial charge in [-0.1, -0.05) is 12.1 Å². The van der Waals surface area contributed by atoms with Crippen LogP contribution in [0.3, 0.4) is 0 Å². The number of carbonyl (C=O) groups excluding carboxylic acids is 1. The third kappa shape index (κ3) is 3.00. The fourth-order valence-corrected chi connectivity index (χ4v) is 2.41. The second kappa shape index (κ2) is 6.13. The highest BCUT2D eigenvalue weighted by Gasteiger charge is 2.20. The Morgan fingerprint density at radius 1 is 1.33 bits per heavy atom. The normalized spacial score (nSPS) is 10.3. The van der Waals surface area contributed by atoms with Crippen molar-refractivity contribution in [3.05, 3.63) is 52.3 Å². The van der Waals surface area contributed by atoms with Crippen LogP contribution in [0.4, 0.5) is 15.8 Å². The Morgan fingerprint density at radius 2 is 2.00 bits per heavy atom. The predicted molar refractivity (Wildman–Crippen MR) is 84.2 cm³/mol. The van der Waals surface area contributed by atoms with Gasteiger partial charge in [0.05, 0.1) is 24.0 Å². The smallest absolute Gasteiger partial charge is 0.259 e. The average Bonchev–Trinajstić information content (AvgIpc) is 2.49. The predicted octanol–water partition coefficient (Wildman–Crippen LogP) is 3.46. The Balaban J connectivity index is 2.42. The number of carbonyl (C=O) groups is 1. The first kappa shape index (κ1) is 15.3. The molecule has 21 heavy (non-hydrogen) atoms. The molecule has 2 rings (SSSR count). The minimum atomic E-state index is -0.571. The van der Waals surface area contributed by atoms with Gasteiger partial charge in [0, 0.05) is 11.5 Å². The van der Waals surface area contributed by atoms with Crippen LogP contribution in [0.5, 0.6) is 5.75 Å². The fraction of sp³-hybridized carbons (Fsp3) is 0.133. The minimum absolute atomic E-state index is 0.0741. The summed E-state index contributed by atoms with van der Waals surface area (Å²) in [5.74, 6) is -0.323. The summed E-state index contributed by atoms with van der Waals surface area (Å²) >= 11 is 3.18. The van der Waals surface area contributed by atoms with Crippen molar-refractivity contribution in [1.29, 1.82) is 0 Å². The van der Waals surface area contributed by atoms with Crippen LogP contribution in [0.1, 0.15) is 10.4 Å². The van der Waals surface area contributed by atoms with Crippen LogP contribution in [-0.4, -0.2) is 20.1 Å². The van der Waals surface area contributed by atoms with Crippen LogP contribution >= 0.6 is 15.9 Å². The molecule has 110 valence electrons. The second-order valence-corrected chi connectivity index (χ2v) is 5.24. The number of nitrogen functional groups attached to an aromatic ring is 1. The van der Waals surface area contributed by atoms with E-state index < -0.39 is 5.82 Å². The maximum atomic E-state index is 13.4. The zero-order chi connectivity index (χ0) is 15.6. The van der Waals surface area contributed by atoms with E-state index in [1.54, 1.807) is 25.2 Å². The van der Waals surface area contributed by atoms with Crippen LogP contribution < -0.4 is 15.4 Å². The molecular weight excluding hydrogens is 339 g/mol. The molecule has 1 amide bonds. The third-order valence-corrected chi connectivity index (χ3v) is 3.72. The topological polar surface area (TPSA) is 55.6 Å². The molecule has 0 atom stereocenters. The van der Waals surface area contributed by atoms with E-state index in [9.17, 15) is 9.18 Å². The van der Waals surface area contributed by atoms with E-state index >= 15 is 0 Å². The molecule has 2 aromatic carbocycles. The lowest BCUT2D eigenvalue weighted by atomic mass is 10.1. The van der Waals surface area contributed by atoms with Crippen LogP contribution in [0, 0.1) is 5.82 Å². The van der Waals surface area contributed by atoms with Crippen molar-refractivity contribution in [2.75, 3.05) is 24.8 Å². The lowest BCUT2D eigenvalue weighted by molar-refractivity contribution is 0.0991. The van der Waals surface area contributed by atoms with Crippen molar-refractivity contribution < 1.29 is 13.9 Å². The van der Waals surface area contributed by atoms with Crippen LogP contribution in [0.2, 0.25) is 0 Å². The van der Waals surface area contributed by atoms with Gasteiger partial charge in [0.1, 0.15) is 11.6 Å².